The van der Waals surface area contributed by atoms with Gasteiger partial charge in [-0.05, 0) is 81.4 Å². The predicted octanol–water partition coefficient (Wildman–Crippen LogP) is 6.47. The van der Waals surface area contributed by atoms with Crippen molar-refractivity contribution in [2.24, 2.45) is 11.3 Å². The Balaban J connectivity index is 1.16. The van der Waals surface area contributed by atoms with E-state index in [9.17, 15) is 13.6 Å². The summed E-state index contributed by atoms with van der Waals surface area (Å²) < 4.78 is 39.4. The molecular formula is C31H35F2N5O3. The average molecular weight is 564 g/mol. The molecule has 8 nitrogen and oxygen atoms in total. The third-order valence-electron chi connectivity index (χ3n) is 10.0. The Morgan fingerprint density at radius 3 is 2.51 bits per heavy atom. The Kier molecular flexibility index (Phi) is 6.35. The molecule has 0 radical (unpaired) electrons. The van der Waals surface area contributed by atoms with E-state index in [2.05, 4.69) is 15.1 Å². The minimum Gasteiger partial charge on any atom is -0.467 e. The highest BCUT2D eigenvalue weighted by atomic mass is 19.3. The Morgan fingerprint density at radius 1 is 1.05 bits per heavy atom. The van der Waals surface area contributed by atoms with Crippen molar-refractivity contribution >= 4 is 11.6 Å². The normalized spacial score (nSPS) is 28.5. The highest BCUT2D eigenvalue weighted by Gasteiger charge is 2.54. The first kappa shape index (κ1) is 26.5. The van der Waals surface area contributed by atoms with E-state index < -0.39 is 11.8 Å². The van der Waals surface area contributed by atoms with Crippen LogP contribution in [0.15, 0.2) is 41.1 Å². The van der Waals surface area contributed by atoms with E-state index in [-0.39, 0.29) is 42.0 Å². The second-order valence-electron chi connectivity index (χ2n) is 12.7. The smallest absolute Gasteiger partial charge is 0.316 e. The number of carbonyl (C=O) groups excluding carboxylic acids is 1. The van der Waals surface area contributed by atoms with Crippen LogP contribution in [0.4, 0.5) is 14.5 Å². The molecule has 5 saturated carbocycles. The lowest BCUT2D eigenvalue weighted by Gasteiger charge is -2.53. The number of halogens is 2. The third kappa shape index (κ3) is 4.99. The van der Waals surface area contributed by atoms with Crippen LogP contribution in [0.1, 0.15) is 88.3 Å². The number of hydrogen-bond donors (Lipinski definition) is 0. The van der Waals surface area contributed by atoms with E-state index in [1.807, 2.05) is 24.3 Å². The topological polar surface area (TPSA) is 94.2 Å². The summed E-state index contributed by atoms with van der Waals surface area (Å²) in [6, 6.07) is 9.69. The van der Waals surface area contributed by atoms with Gasteiger partial charge >= 0.3 is 6.01 Å². The molecule has 5 aliphatic rings. The van der Waals surface area contributed by atoms with Gasteiger partial charge < -0.3 is 14.2 Å². The maximum Gasteiger partial charge on any atom is 0.316 e. The molecule has 2 aromatic heterocycles. The van der Waals surface area contributed by atoms with Crippen molar-refractivity contribution < 1.29 is 22.8 Å². The molecule has 0 aliphatic heterocycles. The number of nitrogens with zero attached hydrogens (tertiary/aromatic N) is 5. The molecule has 41 heavy (non-hydrogen) atoms. The Morgan fingerprint density at radius 2 is 1.83 bits per heavy atom. The van der Waals surface area contributed by atoms with E-state index >= 15 is 0 Å². The molecule has 0 saturated heterocycles. The lowest BCUT2D eigenvalue weighted by atomic mass is 9.53. The van der Waals surface area contributed by atoms with E-state index in [0.717, 1.165) is 68.6 Å². The van der Waals surface area contributed by atoms with Crippen LogP contribution < -0.4 is 9.64 Å². The van der Waals surface area contributed by atoms with Gasteiger partial charge in [0.15, 0.2) is 5.82 Å². The summed E-state index contributed by atoms with van der Waals surface area (Å²) in [6.07, 6.45) is 9.09. The molecule has 3 aromatic rings. The summed E-state index contributed by atoms with van der Waals surface area (Å²) in [5.41, 5.74) is 2.02. The number of rotatable bonds is 8. The molecule has 5 fully saturated rings. The SMILES string of the molecule is COc1nccc(-c2cccc(N(CC34CCC(c5nc(C6CC6)no5)(CC3)CC4)C(=O)C3CCC(F)(F)C3)c2)n1. The number of amides is 1. The first-order valence-electron chi connectivity index (χ1n) is 14.8. The molecule has 0 N–H and O–H groups in total. The first-order chi connectivity index (χ1) is 19.8. The highest BCUT2D eigenvalue weighted by Crippen LogP contribution is 2.58. The zero-order valence-corrected chi connectivity index (χ0v) is 23.3. The van der Waals surface area contributed by atoms with Gasteiger partial charge in [0.2, 0.25) is 17.7 Å². The number of benzene rings is 1. The number of fused-ring (bicyclic) bond motifs is 3. The van der Waals surface area contributed by atoms with Gasteiger partial charge in [-0.25, -0.2) is 13.8 Å². The van der Waals surface area contributed by atoms with E-state index in [1.165, 1.54) is 7.11 Å². The Hall–Kier alpha value is -3.43. The zero-order valence-electron chi connectivity index (χ0n) is 23.3. The number of methoxy groups -OCH3 is 1. The van der Waals surface area contributed by atoms with Gasteiger partial charge in [0.05, 0.1) is 12.8 Å². The molecule has 2 bridgehead atoms. The van der Waals surface area contributed by atoms with Crippen molar-refractivity contribution in [3.8, 4) is 17.3 Å². The second kappa shape index (κ2) is 9.84. The van der Waals surface area contributed by atoms with E-state index in [0.29, 0.717) is 23.8 Å². The molecule has 2 heterocycles. The van der Waals surface area contributed by atoms with Crippen LogP contribution in [-0.4, -0.2) is 45.6 Å². The van der Waals surface area contributed by atoms with Crippen molar-refractivity contribution in [1.29, 1.82) is 0 Å². The summed E-state index contributed by atoms with van der Waals surface area (Å²) in [5.74, 6) is -1.60. The maximum atomic E-state index is 14.2. The van der Waals surface area contributed by atoms with Crippen LogP contribution in [0.5, 0.6) is 6.01 Å². The molecule has 1 unspecified atom stereocenters. The van der Waals surface area contributed by atoms with Gasteiger partial charge in [0.1, 0.15) is 0 Å². The summed E-state index contributed by atoms with van der Waals surface area (Å²) >= 11 is 0. The predicted molar refractivity (Wildman–Crippen MR) is 147 cm³/mol. The molecular weight excluding hydrogens is 528 g/mol. The van der Waals surface area contributed by atoms with Crippen molar-refractivity contribution in [2.75, 3.05) is 18.6 Å². The van der Waals surface area contributed by atoms with Crippen molar-refractivity contribution in [3.63, 3.8) is 0 Å². The summed E-state index contributed by atoms with van der Waals surface area (Å²) in [7, 11) is 1.51. The fourth-order valence-corrected chi connectivity index (χ4v) is 7.23. The molecule has 1 aromatic carbocycles. The van der Waals surface area contributed by atoms with Crippen LogP contribution in [-0.2, 0) is 10.2 Å². The third-order valence-corrected chi connectivity index (χ3v) is 10.0. The number of ether oxygens (including phenoxy) is 1. The van der Waals surface area contributed by atoms with Gasteiger partial charge in [-0.3, -0.25) is 4.79 Å². The minimum atomic E-state index is -2.79. The molecule has 10 heteroatoms. The number of hydrogen-bond acceptors (Lipinski definition) is 7. The summed E-state index contributed by atoms with van der Waals surface area (Å²) in [5, 5.41) is 4.27. The molecule has 0 spiro atoms. The fourth-order valence-electron chi connectivity index (χ4n) is 7.23. The highest BCUT2D eigenvalue weighted by molar-refractivity contribution is 5.96. The Labute approximate surface area is 237 Å². The van der Waals surface area contributed by atoms with E-state index in [4.69, 9.17) is 14.2 Å². The first-order valence-corrected chi connectivity index (χ1v) is 14.8. The molecule has 216 valence electrons. The second-order valence-corrected chi connectivity index (χ2v) is 12.7. The van der Waals surface area contributed by atoms with Gasteiger partial charge in [0.25, 0.3) is 0 Å². The molecule has 8 rings (SSSR count). The van der Waals surface area contributed by atoms with Gasteiger partial charge in [-0.15, -0.1) is 0 Å². The summed E-state index contributed by atoms with van der Waals surface area (Å²) in [6.45, 7) is 0.512. The monoisotopic (exact) mass is 563 g/mol. The quantitative estimate of drug-likeness (QED) is 0.310. The van der Waals surface area contributed by atoms with Crippen LogP contribution in [0.2, 0.25) is 0 Å². The van der Waals surface area contributed by atoms with Crippen LogP contribution >= 0.6 is 0 Å². The van der Waals surface area contributed by atoms with Crippen molar-refractivity contribution in [3.05, 3.63) is 48.2 Å². The lowest BCUT2D eigenvalue weighted by molar-refractivity contribution is -0.124. The molecule has 5 aliphatic carbocycles. The van der Waals surface area contributed by atoms with Crippen molar-refractivity contribution in [1.82, 2.24) is 20.1 Å². The van der Waals surface area contributed by atoms with Crippen molar-refractivity contribution in [2.45, 2.75) is 87.9 Å². The van der Waals surface area contributed by atoms with E-state index in [1.54, 1.807) is 17.2 Å². The number of carbonyl (C=O) groups is 1. The van der Waals surface area contributed by atoms with Crippen LogP contribution in [0.3, 0.4) is 0 Å². The number of aromatic nitrogens is 4. The maximum absolute atomic E-state index is 14.2. The van der Waals surface area contributed by atoms with Gasteiger partial charge in [-0.2, -0.15) is 9.97 Å². The number of alkyl halides is 2. The average Bonchev–Trinajstić information content (AvgIpc) is 3.61. The van der Waals surface area contributed by atoms with Crippen LogP contribution in [0, 0.1) is 11.3 Å². The molecule has 1 amide bonds. The summed E-state index contributed by atoms with van der Waals surface area (Å²) in [4.78, 5) is 29.1. The lowest BCUT2D eigenvalue weighted by Crippen LogP contribution is -2.51. The van der Waals surface area contributed by atoms with Gasteiger partial charge in [0, 0.05) is 54.1 Å². The number of anilines is 1. The zero-order chi connectivity index (χ0) is 28.2. The molecule has 1 atom stereocenters. The minimum absolute atomic E-state index is 0.0774. The van der Waals surface area contributed by atoms with Gasteiger partial charge in [-0.1, -0.05) is 17.3 Å². The fraction of sp³-hybridized carbons (Fsp3) is 0.581. The Bertz CT molecular complexity index is 1430. The standard InChI is InChI=1S/C31H35F2N5O3/c1-40-28-34-16-8-24(35-28)21-3-2-4-23(17-21)38(26(39)22-7-9-31(32,33)18-22)19-29-10-13-30(14-11-29,15-12-29)27-36-25(37-41-27)20-5-6-20/h2-4,8,16-17,20,22H,5-7,9-15,18-19H2,1H3. The largest absolute Gasteiger partial charge is 0.467 e. The van der Waals surface area contributed by atoms with Crippen LogP contribution in [0.25, 0.3) is 11.3 Å².